The average molecular weight is 171 g/mol. The fourth-order valence-electron chi connectivity index (χ4n) is 1.58. The van der Waals surface area contributed by atoms with Crippen molar-refractivity contribution in [3.8, 4) is 0 Å². The van der Waals surface area contributed by atoms with E-state index in [2.05, 4.69) is 5.32 Å². The van der Waals surface area contributed by atoms with Gasteiger partial charge in [0.1, 0.15) is 7.85 Å². The molecule has 0 saturated carbocycles. The summed E-state index contributed by atoms with van der Waals surface area (Å²) in [5.41, 5.74) is 2.75. The molecule has 1 heterocycles. The Hall–Kier alpha value is -1.25. The van der Waals surface area contributed by atoms with Gasteiger partial charge in [0.2, 0.25) is 5.91 Å². The van der Waals surface area contributed by atoms with Crippen LogP contribution in [0.15, 0.2) is 18.2 Å². The number of anilines is 1. The van der Waals surface area contributed by atoms with Crippen molar-refractivity contribution in [3.05, 3.63) is 23.8 Å². The second kappa shape index (κ2) is 3.25. The fraction of sp³-hybridized carbons (Fsp3) is 0.300. The number of fused-ring (bicyclic) bond motifs is 1. The highest BCUT2D eigenvalue weighted by Crippen LogP contribution is 2.19. The van der Waals surface area contributed by atoms with E-state index < -0.39 is 0 Å². The van der Waals surface area contributed by atoms with Crippen molar-refractivity contribution in [2.24, 2.45) is 0 Å². The Kier molecular flexibility index (Phi) is 2.09. The second-order valence-corrected chi connectivity index (χ2v) is 3.32. The van der Waals surface area contributed by atoms with Gasteiger partial charge in [0.25, 0.3) is 0 Å². The third-order valence-electron chi connectivity index (χ3n) is 2.26. The highest BCUT2D eigenvalue weighted by Gasteiger charge is 2.11. The number of hydrogen-bond donors (Lipinski definition) is 1. The summed E-state index contributed by atoms with van der Waals surface area (Å²) in [5, 5.41) is 2.84. The van der Waals surface area contributed by atoms with Crippen LogP contribution in [0.1, 0.15) is 18.4 Å². The van der Waals surface area contributed by atoms with Gasteiger partial charge in [0, 0.05) is 12.1 Å². The molecule has 0 saturated heterocycles. The molecule has 2 rings (SSSR count). The van der Waals surface area contributed by atoms with Crippen LogP contribution in [0.2, 0.25) is 0 Å². The van der Waals surface area contributed by atoms with Gasteiger partial charge in [0.15, 0.2) is 0 Å². The largest absolute Gasteiger partial charge is 0.326 e. The number of nitrogens with one attached hydrogen (secondary N) is 1. The molecule has 1 aromatic carbocycles. The monoisotopic (exact) mass is 171 g/mol. The lowest BCUT2D eigenvalue weighted by Crippen LogP contribution is -2.11. The van der Waals surface area contributed by atoms with Crippen LogP contribution < -0.4 is 10.8 Å². The molecule has 13 heavy (non-hydrogen) atoms. The SMILES string of the molecule is [B]c1ccc2c(c1)NC(=O)CCC2. The van der Waals surface area contributed by atoms with E-state index in [1.165, 1.54) is 5.56 Å². The molecule has 0 aliphatic carbocycles. The van der Waals surface area contributed by atoms with Gasteiger partial charge in [-0.25, -0.2) is 0 Å². The summed E-state index contributed by atoms with van der Waals surface area (Å²) in [7, 11) is 5.63. The summed E-state index contributed by atoms with van der Waals surface area (Å²) in [6.45, 7) is 0. The van der Waals surface area contributed by atoms with E-state index >= 15 is 0 Å². The van der Waals surface area contributed by atoms with Gasteiger partial charge >= 0.3 is 0 Å². The summed E-state index contributed by atoms with van der Waals surface area (Å²) in [6, 6.07) is 5.67. The smallest absolute Gasteiger partial charge is 0.224 e. The predicted octanol–water partition coefficient (Wildman–Crippen LogP) is 0.755. The summed E-state index contributed by atoms with van der Waals surface area (Å²) in [4.78, 5) is 11.2. The zero-order chi connectivity index (χ0) is 9.26. The van der Waals surface area contributed by atoms with Crippen LogP contribution in [0.4, 0.5) is 5.69 Å². The summed E-state index contributed by atoms with van der Waals surface area (Å²) in [5.74, 6) is 0.0874. The van der Waals surface area contributed by atoms with Crippen LogP contribution in [0.25, 0.3) is 0 Å². The maximum absolute atomic E-state index is 11.2. The molecule has 0 atom stereocenters. The Balaban J connectivity index is 2.40. The minimum Gasteiger partial charge on any atom is -0.326 e. The number of rotatable bonds is 0. The van der Waals surface area contributed by atoms with E-state index in [1.54, 1.807) is 0 Å². The minimum atomic E-state index is 0.0874. The molecule has 0 fully saturated rings. The average Bonchev–Trinajstić information content (AvgIpc) is 2.25. The van der Waals surface area contributed by atoms with Gasteiger partial charge in [-0.05, 0) is 24.5 Å². The minimum absolute atomic E-state index is 0.0874. The number of aryl methyl sites for hydroxylation is 1. The second-order valence-electron chi connectivity index (χ2n) is 3.32. The molecule has 2 nitrogen and oxygen atoms in total. The van der Waals surface area contributed by atoms with Crippen molar-refractivity contribution >= 4 is 24.9 Å². The van der Waals surface area contributed by atoms with Crippen molar-refractivity contribution in [1.82, 2.24) is 0 Å². The van der Waals surface area contributed by atoms with Crippen LogP contribution in [0.3, 0.4) is 0 Å². The summed E-state index contributed by atoms with van der Waals surface area (Å²) < 4.78 is 0. The highest BCUT2D eigenvalue weighted by atomic mass is 16.1. The molecule has 0 bridgehead atoms. The quantitative estimate of drug-likeness (QED) is 0.573. The highest BCUT2D eigenvalue weighted by molar-refractivity contribution is 6.32. The van der Waals surface area contributed by atoms with E-state index in [0.29, 0.717) is 11.9 Å². The number of hydrogen-bond acceptors (Lipinski definition) is 1. The molecule has 1 N–H and O–H groups in total. The molecular weight excluding hydrogens is 161 g/mol. The van der Waals surface area contributed by atoms with E-state index in [1.807, 2.05) is 18.2 Å². The number of carbonyl (C=O) groups excluding carboxylic acids is 1. The van der Waals surface area contributed by atoms with E-state index in [0.717, 1.165) is 18.5 Å². The van der Waals surface area contributed by atoms with Crippen LogP contribution in [0.5, 0.6) is 0 Å². The van der Waals surface area contributed by atoms with E-state index in [-0.39, 0.29) is 5.91 Å². The van der Waals surface area contributed by atoms with Crippen LogP contribution in [-0.2, 0) is 11.2 Å². The lowest BCUT2D eigenvalue weighted by molar-refractivity contribution is -0.116. The summed E-state index contributed by atoms with van der Waals surface area (Å²) in [6.07, 6.45) is 2.48. The third kappa shape index (κ3) is 1.74. The predicted molar refractivity (Wildman–Crippen MR) is 53.4 cm³/mol. The number of amides is 1. The van der Waals surface area contributed by atoms with Crippen LogP contribution in [0, 0.1) is 0 Å². The van der Waals surface area contributed by atoms with Crippen LogP contribution >= 0.6 is 0 Å². The maximum Gasteiger partial charge on any atom is 0.224 e. The fourth-order valence-corrected chi connectivity index (χ4v) is 1.58. The molecule has 0 aromatic heterocycles. The summed E-state index contributed by atoms with van der Waals surface area (Å²) >= 11 is 0. The zero-order valence-corrected chi connectivity index (χ0v) is 7.34. The molecule has 1 aromatic rings. The van der Waals surface area contributed by atoms with Crippen molar-refractivity contribution in [2.75, 3.05) is 5.32 Å². The molecule has 3 heteroatoms. The Labute approximate surface area is 78.7 Å². The Morgan fingerprint density at radius 2 is 2.15 bits per heavy atom. The zero-order valence-electron chi connectivity index (χ0n) is 7.34. The van der Waals surface area contributed by atoms with Crippen molar-refractivity contribution < 1.29 is 4.79 Å². The van der Waals surface area contributed by atoms with Gasteiger partial charge in [-0.1, -0.05) is 17.6 Å². The van der Waals surface area contributed by atoms with Crippen molar-refractivity contribution in [1.29, 1.82) is 0 Å². The molecule has 0 unspecified atom stereocenters. The topological polar surface area (TPSA) is 29.1 Å². The normalized spacial score (nSPS) is 15.8. The van der Waals surface area contributed by atoms with Gasteiger partial charge in [0.05, 0.1) is 0 Å². The van der Waals surface area contributed by atoms with Crippen molar-refractivity contribution in [3.63, 3.8) is 0 Å². The number of benzene rings is 1. The first kappa shape index (κ1) is 8.36. The van der Waals surface area contributed by atoms with Crippen molar-refractivity contribution in [2.45, 2.75) is 19.3 Å². The first-order chi connectivity index (χ1) is 6.25. The van der Waals surface area contributed by atoms with E-state index in [4.69, 9.17) is 7.85 Å². The third-order valence-corrected chi connectivity index (χ3v) is 2.26. The number of carbonyl (C=O) groups is 1. The molecule has 1 aliphatic rings. The van der Waals surface area contributed by atoms with E-state index in [9.17, 15) is 4.79 Å². The van der Waals surface area contributed by atoms with Crippen LogP contribution in [-0.4, -0.2) is 13.8 Å². The standard InChI is InChI=1S/C10H10BNO/c11-8-5-4-7-2-1-3-10(13)12-9(7)6-8/h4-6H,1-3H2,(H,12,13). The molecule has 0 spiro atoms. The molecule has 64 valence electrons. The molecule has 1 aliphatic heterocycles. The Morgan fingerprint density at radius 3 is 3.00 bits per heavy atom. The van der Waals surface area contributed by atoms with Gasteiger partial charge in [-0.2, -0.15) is 0 Å². The van der Waals surface area contributed by atoms with Gasteiger partial charge < -0.3 is 5.32 Å². The Morgan fingerprint density at radius 1 is 1.31 bits per heavy atom. The lowest BCUT2D eigenvalue weighted by Gasteiger charge is -2.06. The molecular formula is C10H10BNO. The van der Waals surface area contributed by atoms with Gasteiger partial charge in [-0.3, -0.25) is 4.79 Å². The Bertz CT molecular complexity index is 349. The molecule has 1 amide bonds. The molecule has 2 radical (unpaired) electrons. The lowest BCUT2D eigenvalue weighted by atomic mass is 9.93. The first-order valence-corrected chi connectivity index (χ1v) is 4.44. The first-order valence-electron chi connectivity index (χ1n) is 4.44. The maximum atomic E-state index is 11.2. The van der Waals surface area contributed by atoms with Gasteiger partial charge in [-0.15, -0.1) is 0 Å².